The first kappa shape index (κ1) is 12.3. The Labute approximate surface area is 121 Å². The summed E-state index contributed by atoms with van der Waals surface area (Å²) in [5, 5.41) is 4.33. The summed E-state index contributed by atoms with van der Waals surface area (Å²) in [5.41, 5.74) is 1.62. The predicted molar refractivity (Wildman–Crippen MR) is 76.8 cm³/mol. The van der Waals surface area contributed by atoms with Crippen molar-refractivity contribution < 1.29 is 4.39 Å². The van der Waals surface area contributed by atoms with Crippen LogP contribution in [-0.2, 0) is 6.54 Å². The monoisotopic (exact) mass is 282 g/mol. The lowest BCUT2D eigenvalue weighted by atomic mass is 10.2. The first-order valence-corrected chi connectivity index (χ1v) is 7.11. The second-order valence-electron chi connectivity index (χ2n) is 5.42. The number of nitrogens with zero attached hydrogens (tertiary/aromatic N) is 4. The summed E-state index contributed by atoms with van der Waals surface area (Å²) < 4.78 is 17.5. The molecule has 1 saturated carbocycles. The molecule has 1 aliphatic rings. The fourth-order valence-corrected chi connectivity index (χ4v) is 2.54. The van der Waals surface area contributed by atoms with Crippen LogP contribution in [0.5, 0.6) is 0 Å². The van der Waals surface area contributed by atoms with Gasteiger partial charge in [0.15, 0.2) is 0 Å². The number of rotatable bonds is 4. The lowest BCUT2D eigenvalue weighted by molar-refractivity contribution is 0.585. The number of benzene rings is 1. The number of imidazole rings is 1. The third kappa shape index (κ3) is 2.35. The molecule has 2 aromatic heterocycles. The van der Waals surface area contributed by atoms with Crippen LogP contribution in [0.3, 0.4) is 0 Å². The zero-order valence-electron chi connectivity index (χ0n) is 11.5. The molecule has 0 spiro atoms. The summed E-state index contributed by atoms with van der Waals surface area (Å²) in [6.07, 6.45) is 9.93. The van der Waals surface area contributed by atoms with E-state index in [-0.39, 0.29) is 5.82 Å². The Kier molecular flexibility index (Phi) is 2.84. The van der Waals surface area contributed by atoms with Gasteiger partial charge < -0.3 is 4.57 Å². The van der Waals surface area contributed by atoms with Crippen LogP contribution in [-0.4, -0.2) is 19.3 Å². The second-order valence-corrected chi connectivity index (χ2v) is 5.42. The molecule has 1 aromatic carbocycles. The molecule has 0 amide bonds. The molecule has 5 heteroatoms. The molecule has 3 aromatic rings. The van der Waals surface area contributed by atoms with Crippen molar-refractivity contribution in [3.63, 3.8) is 0 Å². The van der Waals surface area contributed by atoms with Crippen LogP contribution >= 0.6 is 0 Å². The molecule has 4 rings (SSSR count). The van der Waals surface area contributed by atoms with Gasteiger partial charge in [-0.15, -0.1) is 0 Å². The topological polar surface area (TPSA) is 35.6 Å². The Balaban J connectivity index is 1.61. The summed E-state index contributed by atoms with van der Waals surface area (Å²) in [7, 11) is 0. The van der Waals surface area contributed by atoms with E-state index in [0.717, 1.165) is 11.5 Å². The average Bonchev–Trinajstić information content (AvgIpc) is 3.04. The van der Waals surface area contributed by atoms with E-state index in [9.17, 15) is 4.39 Å². The molecular formula is C16H15FN4. The normalized spacial score (nSPS) is 14.5. The van der Waals surface area contributed by atoms with Crippen LogP contribution in [0.2, 0.25) is 0 Å². The largest absolute Gasteiger partial charge is 0.300 e. The van der Waals surface area contributed by atoms with E-state index in [2.05, 4.69) is 14.6 Å². The highest BCUT2D eigenvalue weighted by Crippen LogP contribution is 2.39. The third-order valence-electron chi connectivity index (χ3n) is 3.80. The molecule has 0 bridgehead atoms. The van der Waals surface area contributed by atoms with E-state index >= 15 is 0 Å². The Bertz CT molecular complexity index is 770. The highest BCUT2D eigenvalue weighted by atomic mass is 19.1. The van der Waals surface area contributed by atoms with E-state index in [0.29, 0.717) is 18.0 Å². The Morgan fingerprint density at radius 2 is 2.10 bits per heavy atom. The molecule has 0 atom stereocenters. The van der Waals surface area contributed by atoms with Crippen molar-refractivity contribution in [1.82, 2.24) is 19.3 Å². The average molecular weight is 282 g/mol. The molecule has 0 aliphatic heterocycles. The molecule has 21 heavy (non-hydrogen) atoms. The van der Waals surface area contributed by atoms with E-state index < -0.39 is 0 Å². The fraction of sp³-hybridized carbons (Fsp3) is 0.250. The molecule has 0 saturated heterocycles. The van der Waals surface area contributed by atoms with Crippen LogP contribution in [0.1, 0.15) is 30.1 Å². The molecule has 0 unspecified atom stereocenters. The van der Waals surface area contributed by atoms with Crippen molar-refractivity contribution in [1.29, 1.82) is 0 Å². The molecule has 1 fully saturated rings. The zero-order valence-corrected chi connectivity index (χ0v) is 11.5. The molecule has 0 N–H and O–H groups in total. The quantitative estimate of drug-likeness (QED) is 0.737. The van der Waals surface area contributed by atoms with E-state index in [1.807, 2.05) is 24.7 Å². The molecule has 4 nitrogen and oxygen atoms in total. The minimum atomic E-state index is -0.198. The minimum Gasteiger partial charge on any atom is -0.300 e. The van der Waals surface area contributed by atoms with Gasteiger partial charge in [0.1, 0.15) is 11.6 Å². The summed E-state index contributed by atoms with van der Waals surface area (Å²) in [6, 6.07) is 6.79. The van der Waals surface area contributed by atoms with Gasteiger partial charge in [-0.25, -0.2) is 9.37 Å². The van der Waals surface area contributed by atoms with Crippen LogP contribution in [0.25, 0.3) is 5.69 Å². The van der Waals surface area contributed by atoms with Crippen molar-refractivity contribution in [2.24, 2.45) is 0 Å². The number of hydrogen-bond donors (Lipinski definition) is 0. The van der Waals surface area contributed by atoms with Gasteiger partial charge in [0, 0.05) is 30.1 Å². The van der Waals surface area contributed by atoms with Gasteiger partial charge in [-0.3, -0.25) is 4.68 Å². The molecule has 0 radical (unpaired) electrons. The Hall–Kier alpha value is -2.43. The molecular weight excluding hydrogens is 267 g/mol. The van der Waals surface area contributed by atoms with Crippen LogP contribution in [0, 0.1) is 5.82 Å². The Morgan fingerprint density at radius 3 is 2.90 bits per heavy atom. The number of halogens is 1. The summed E-state index contributed by atoms with van der Waals surface area (Å²) in [4.78, 5) is 4.43. The summed E-state index contributed by atoms with van der Waals surface area (Å²) in [6.45, 7) is 0.431. The maximum Gasteiger partial charge on any atom is 0.128 e. The zero-order chi connectivity index (χ0) is 14.2. The lowest BCUT2D eigenvalue weighted by Crippen LogP contribution is -2.02. The van der Waals surface area contributed by atoms with E-state index in [4.69, 9.17) is 0 Å². The maximum absolute atomic E-state index is 13.7. The van der Waals surface area contributed by atoms with Gasteiger partial charge in [0.05, 0.1) is 18.4 Å². The van der Waals surface area contributed by atoms with Crippen molar-refractivity contribution in [3.8, 4) is 5.69 Å². The van der Waals surface area contributed by atoms with Crippen molar-refractivity contribution in [3.05, 3.63) is 66.3 Å². The summed E-state index contributed by atoms with van der Waals surface area (Å²) >= 11 is 0. The molecule has 1 aliphatic carbocycles. The van der Waals surface area contributed by atoms with E-state index in [1.165, 1.54) is 18.9 Å². The molecule has 2 heterocycles. The number of hydrogen-bond acceptors (Lipinski definition) is 2. The first-order chi connectivity index (χ1) is 10.3. The smallest absolute Gasteiger partial charge is 0.128 e. The van der Waals surface area contributed by atoms with Gasteiger partial charge in [0.2, 0.25) is 0 Å². The van der Waals surface area contributed by atoms with Gasteiger partial charge in [-0.05, 0) is 18.9 Å². The Morgan fingerprint density at radius 1 is 1.24 bits per heavy atom. The maximum atomic E-state index is 13.7. The third-order valence-corrected chi connectivity index (χ3v) is 3.80. The van der Waals surface area contributed by atoms with Gasteiger partial charge in [-0.2, -0.15) is 5.10 Å². The van der Waals surface area contributed by atoms with Crippen molar-refractivity contribution >= 4 is 0 Å². The first-order valence-electron chi connectivity index (χ1n) is 7.11. The van der Waals surface area contributed by atoms with Crippen molar-refractivity contribution in [2.45, 2.75) is 25.3 Å². The second kappa shape index (κ2) is 4.84. The van der Waals surface area contributed by atoms with Crippen LogP contribution in [0.4, 0.5) is 4.39 Å². The van der Waals surface area contributed by atoms with Crippen LogP contribution in [0.15, 0.2) is 49.1 Å². The SMILES string of the molecule is Fc1ccccc1Cn1cc(-n2ccnc2C2CC2)cn1. The molecule has 106 valence electrons. The van der Waals surface area contributed by atoms with Gasteiger partial charge in [-0.1, -0.05) is 18.2 Å². The summed E-state index contributed by atoms with van der Waals surface area (Å²) in [5.74, 6) is 1.48. The number of aromatic nitrogens is 4. The van der Waals surface area contributed by atoms with Crippen molar-refractivity contribution in [2.75, 3.05) is 0 Å². The lowest BCUT2D eigenvalue weighted by Gasteiger charge is -2.04. The predicted octanol–water partition coefficient (Wildman–Crippen LogP) is 3.13. The standard InChI is InChI=1S/C16H15FN4/c17-15-4-2-1-3-13(15)10-20-11-14(9-19-20)21-8-7-18-16(21)12-5-6-12/h1-4,7-9,11-12H,5-6,10H2. The minimum absolute atomic E-state index is 0.198. The fourth-order valence-electron chi connectivity index (χ4n) is 2.54. The van der Waals surface area contributed by atoms with E-state index in [1.54, 1.807) is 23.0 Å². The van der Waals surface area contributed by atoms with Crippen LogP contribution < -0.4 is 0 Å². The highest BCUT2D eigenvalue weighted by Gasteiger charge is 2.28. The van der Waals surface area contributed by atoms with Gasteiger partial charge in [0.25, 0.3) is 0 Å². The van der Waals surface area contributed by atoms with Gasteiger partial charge >= 0.3 is 0 Å². The highest BCUT2D eigenvalue weighted by molar-refractivity contribution is 5.30.